The molecule has 39 heavy (non-hydrogen) atoms. The molecule has 0 unspecified atom stereocenters. The van der Waals surface area contributed by atoms with E-state index in [1.807, 2.05) is 62.4 Å². The number of aromatic nitrogens is 2. The summed E-state index contributed by atoms with van der Waals surface area (Å²) in [5.74, 6) is 0.463. The molecule has 1 atom stereocenters. The van der Waals surface area contributed by atoms with E-state index in [1.165, 1.54) is 0 Å². The van der Waals surface area contributed by atoms with Crippen LogP contribution in [-0.4, -0.2) is 35.1 Å². The first-order valence-electron chi connectivity index (χ1n) is 13.2. The van der Waals surface area contributed by atoms with Crippen LogP contribution in [0.2, 0.25) is 5.02 Å². The zero-order chi connectivity index (χ0) is 27.8. The highest BCUT2D eigenvalue weighted by molar-refractivity contribution is 6.31. The molecule has 4 aromatic rings. The van der Waals surface area contributed by atoms with Gasteiger partial charge in [0.05, 0.1) is 17.8 Å². The maximum atomic E-state index is 6.77. The molecule has 1 aliphatic rings. The third kappa shape index (κ3) is 6.19. The summed E-state index contributed by atoms with van der Waals surface area (Å²) in [6, 6.07) is 18.0. The van der Waals surface area contributed by atoms with Crippen molar-refractivity contribution in [2.75, 3.05) is 13.2 Å². The number of pyridine rings is 2. The number of halogens is 1. The van der Waals surface area contributed by atoms with Gasteiger partial charge in [-0.1, -0.05) is 68.8 Å². The Morgan fingerprint density at radius 1 is 1.05 bits per heavy atom. The van der Waals surface area contributed by atoms with Gasteiger partial charge in [0.15, 0.2) is 5.79 Å². The quantitative estimate of drug-likeness (QED) is 0.237. The third-order valence-corrected chi connectivity index (χ3v) is 7.07. The smallest absolute Gasteiger partial charge is 0.226 e. The lowest BCUT2D eigenvalue weighted by Crippen LogP contribution is -2.25. The van der Waals surface area contributed by atoms with E-state index in [1.54, 1.807) is 6.20 Å². The van der Waals surface area contributed by atoms with Crippen molar-refractivity contribution in [3.8, 4) is 22.9 Å². The summed E-state index contributed by atoms with van der Waals surface area (Å²) in [7, 11) is 0. The lowest BCUT2D eigenvalue weighted by atomic mass is 9.85. The number of fused-ring (bicyclic) bond motifs is 1. The predicted octanol–water partition coefficient (Wildman–Crippen LogP) is 7.67. The number of hydrogen-bond acceptors (Lipinski definition) is 6. The Balaban J connectivity index is 1.56. The molecule has 7 heteroatoms. The molecule has 2 aromatic carbocycles. The molecular weight excluding hydrogens is 512 g/mol. The van der Waals surface area contributed by atoms with Crippen LogP contribution in [0, 0.1) is 6.92 Å². The lowest BCUT2D eigenvalue weighted by Gasteiger charge is -2.23. The third-order valence-electron chi connectivity index (χ3n) is 6.76. The molecule has 6 nitrogen and oxygen atoms in total. The van der Waals surface area contributed by atoms with E-state index < -0.39 is 5.79 Å². The molecule has 0 saturated carbocycles. The largest absolute Gasteiger partial charge is 0.488 e. The van der Waals surface area contributed by atoms with Gasteiger partial charge in [-0.25, -0.2) is 9.97 Å². The van der Waals surface area contributed by atoms with E-state index >= 15 is 0 Å². The zero-order valence-electron chi connectivity index (χ0n) is 23.4. The van der Waals surface area contributed by atoms with Crippen LogP contribution in [0.1, 0.15) is 51.3 Å². The van der Waals surface area contributed by atoms with Crippen molar-refractivity contribution < 1.29 is 18.9 Å². The van der Waals surface area contributed by atoms with Crippen molar-refractivity contribution in [1.82, 2.24) is 9.97 Å². The standard InChI is InChI=1S/C32H35ClN2O4/c1-20-14-24(31(2,3)4)25(33)15-23(20)27-16-28(36-17-21-10-8-7-9-11-21)29-26(35-27)12-13-34-30(29)37-18-22-19-38-32(5,6)39-22/h7-16,22H,17-19H2,1-6H3/t22-/m0/s1. The van der Waals surface area contributed by atoms with E-state index in [0.717, 1.165) is 38.5 Å². The first kappa shape index (κ1) is 27.4. The minimum absolute atomic E-state index is 0.0671. The Kier molecular flexibility index (Phi) is 7.55. The number of aryl methyl sites for hydroxylation is 1. The number of ether oxygens (including phenoxy) is 4. The van der Waals surface area contributed by atoms with E-state index in [9.17, 15) is 0 Å². The molecule has 1 saturated heterocycles. The fourth-order valence-electron chi connectivity index (χ4n) is 4.76. The maximum absolute atomic E-state index is 6.77. The van der Waals surface area contributed by atoms with Gasteiger partial charge in [-0.15, -0.1) is 0 Å². The van der Waals surface area contributed by atoms with Crippen LogP contribution < -0.4 is 9.47 Å². The van der Waals surface area contributed by atoms with Gasteiger partial charge in [0.1, 0.15) is 30.5 Å². The average molecular weight is 547 g/mol. The molecule has 0 N–H and O–H groups in total. The molecule has 1 fully saturated rings. The minimum atomic E-state index is -0.623. The number of hydrogen-bond donors (Lipinski definition) is 0. The molecule has 204 valence electrons. The predicted molar refractivity (Wildman–Crippen MR) is 155 cm³/mol. The van der Waals surface area contributed by atoms with Crippen LogP contribution in [0.25, 0.3) is 22.2 Å². The molecule has 0 aliphatic carbocycles. The number of nitrogens with zero attached hydrogens (tertiary/aromatic N) is 2. The molecule has 0 spiro atoms. The minimum Gasteiger partial charge on any atom is -0.488 e. The Bertz CT molecular complexity index is 1480. The molecule has 5 rings (SSSR count). The van der Waals surface area contributed by atoms with Crippen molar-refractivity contribution in [2.45, 2.75) is 65.5 Å². The Hall–Kier alpha value is -3.19. The zero-order valence-corrected chi connectivity index (χ0v) is 24.1. The highest BCUT2D eigenvalue weighted by Gasteiger charge is 2.33. The second-order valence-corrected chi connectivity index (χ2v) is 11.9. The van der Waals surface area contributed by atoms with Crippen LogP contribution in [0.3, 0.4) is 0 Å². The van der Waals surface area contributed by atoms with Gasteiger partial charge in [0, 0.05) is 22.8 Å². The van der Waals surface area contributed by atoms with E-state index in [2.05, 4.69) is 38.7 Å². The first-order valence-corrected chi connectivity index (χ1v) is 13.6. The summed E-state index contributed by atoms with van der Waals surface area (Å²) >= 11 is 6.77. The second-order valence-electron chi connectivity index (χ2n) is 11.4. The lowest BCUT2D eigenvalue weighted by molar-refractivity contribution is -0.141. The summed E-state index contributed by atoms with van der Waals surface area (Å²) in [4.78, 5) is 9.54. The first-order chi connectivity index (χ1) is 18.5. The average Bonchev–Trinajstić information content (AvgIpc) is 3.25. The van der Waals surface area contributed by atoms with Crippen molar-refractivity contribution in [3.63, 3.8) is 0 Å². The van der Waals surface area contributed by atoms with Crippen LogP contribution >= 0.6 is 11.6 Å². The Morgan fingerprint density at radius 3 is 2.51 bits per heavy atom. The van der Waals surface area contributed by atoms with Crippen LogP contribution in [0.5, 0.6) is 11.6 Å². The van der Waals surface area contributed by atoms with Gasteiger partial charge in [-0.2, -0.15) is 0 Å². The summed E-state index contributed by atoms with van der Waals surface area (Å²) in [6.45, 7) is 13.5. The summed E-state index contributed by atoms with van der Waals surface area (Å²) in [6.07, 6.45) is 1.51. The maximum Gasteiger partial charge on any atom is 0.226 e. The molecule has 0 radical (unpaired) electrons. The molecule has 0 bridgehead atoms. The van der Waals surface area contributed by atoms with Gasteiger partial charge in [-0.05, 0) is 55.0 Å². The van der Waals surface area contributed by atoms with Crippen LogP contribution in [0.15, 0.2) is 60.8 Å². The normalized spacial score (nSPS) is 16.9. The van der Waals surface area contributed by atoms with Crippen molar-refractivity contribution >= 4 is 22.5 Å². The summed E-state index contributed by atoms with van der Waals surface area (Å²) < 4.78 is 24.2. The molecule has 3 heterocycles. The van der Waals surface area contributed by atoms with Gasteiger partial charge in [0.25, 0.3) is 0 Å². The van der Waals surface area contributed by atoms with Crippen LogP contribution in [0.4, 0.5) is 0 Å². The monoisotopic (exact) mass is 546 g/mol. The van der Waals surface area contributed by atoms with Gasteiger partial charge in [0.2, 0.25) is 5.88 Å². The fourth-order valence-corrected chi connectivity index (χ4v) is 5.21. The Labute approximate surface area is 235 Å². The fraction of sp³-hybridized carbons (Fsp3) is 0.375. The molecule has 1 aliphatic heterocycles. The number of benzene rings is 2. The van der Waals surface area contributed by atoms with E-state index in [0.29, 0.717) is 36.8 Å². The molecule has 2 aromatic heterocycles. The van der Waals surface area contributed by atoms with Crippen LogP contribution in [-0.2, 0) is 21.5 Å². The molecule has 0 amide bonds. The summed E-state index contributed by atoms with van der Waals surface area (Å²) in [5, 5.41) is 1.43. The highest BCUT2D eigenvalue weighted by atomic mass is 35.5. The topological polar surface area (TPSA) is 62.7 Å². The SMILES string of the molecule is Cc1cc(C(C)(C)C)c(Cl)cc1-c1cc(OCc2ccccc2)c2c(OC[C@H]3COC(C)(C)O3)nccc2n1. The van der Waals surface area contributed by atoms with E-state index in [4.69, 9.17) is 35.5 Å². The van der Waals surface area contributed by atoms with Gasteiger partial charge in [-0.3, -0.25) is 0 Å². The Morgan fingerprint density at radius 2 is 1.82 bits per heavy atom. The van der Waals surface area contributed by atoms with Crippen molar-refractivity contribution in [2.24, 2.45) is 0 Å². The van der Waals surface area contributed by atoms with Crippen molar-refractivity contribution in [3.05, 3.63) is 82.5 Å². The second kappa shape index (κ2) is 10.8. The van der Waals surface area contributed by atoms with Gasteiger partial charge >= 0.3 is 0 Å². The van der Waals surface area contributed by atoms with E-state index in [-0.39, 0.29) is 11.5 Å². The van der Waals surface area contributed by atoms with Gasteiger partial charge < -0.3 is 18.9 Å². The molecular formula is C32H35ClN2O4. The summed E-state index contributed by atoms with van der Waals surface area (Å²) in [5.41, 5.74) is 5.64. The van der Waals surface area contributed by atoms with Crippen molar-refractivity contribution in [1.29, 1.82) is 0 Å². The highest BCUT2D eigenvalue weighted by Crippen LogP contribution is 2.39. The number of rotatable bonds is 7.